The first kappa shape index (κ1) is 24.2. The van der Waals surface area contributed by atoms with Gasteiger partial charge in [-0.1, -0.05) is 19.8 Å². The van der Waals surface area contributed by atoms with Gasteiger partial charge >= 0.3 is 12.1 Å². The van der Waals surface area contributed by atoms with Crippen molar-refractivity contribution in [3.8, 4) is 0 Å². The van der Waals surface area contributed by atoms with Gasteiger partial charge in [-0.05, 0) is 24.9 Å². The molecular weight excluding hydrogens is 368 g/mol. The van der Waals surface area contributed by atoms with E-state index in [9.17, 15) is 19.7 Å². The molecule has 152 valence electrons. The molecule has 0 spiro atoms. The average molecular weight is 396 g/mol. The van der Waals surface area contributed by atoms with Crippen molar-refractivity contribution >= 4 is 23.8 Å². The molecule has 1 N–H and O–H groups in total. The van der Waals surface area contributed by atoms with Crippen molar-refractivity contribution in [2.75, 3.05) is 45.0 Å². The number of carbonyl (C=O) groups excluding carboxylic acids is 2. The van der Waals surface area contributed by atoms with Crippen LogP contribution in [0.3, 0.4) is 0 Å². The third-order valence-corrected chi connectivity index (χ3v) is 3.71. The minimum absolute atomic E-state index is 0.00634. The quantitative estimate of drug-likeness (QED) is 0.180. The molecule has 26 heavy (non-hydrogen) atoms. The second-order valence-electron chi connectivity index (χ2n) is 5.16. The number of unbranched alkanes of at least 4 members (excludes halogenated alkanes) is 2. The predicted octanol–water partition coefficient (Wildman–Crippen LogP) is 1.79. The van der Waals surface area contributed by atoms with E-state index in [0.29, 0.717) is 18.8 Å². The topological polar surface area (TPSA) is 126 Å². The molecular formula is C15H28N2O8S. The third kappa shape index (κ3) is 14.6. The Kier molecular flexibility index (Phi) is 15.6. The van der Waals surface area contributed by atoms with Gasteiger partial charge in [-0.2, -0.15) is 11.8 Å². The van der Waals surface area contributed by atoms with Gasteiger partial charge in [-0.25, -0.2) is 9.59 Å². The van der Waals surface area contributed by atoms with Gasteiger partial charge in [-0.3, -0.25) is 0 Å². The summed E-state index contributed by atoms with van der Waals surface area (Å²) in [7, 11) is 0. The Balaban J connectivity index is 4.01. The van der Waals surface area contributed by atoms with Crippen LogP contribution in [0.5, 0.6) is 0 Å². The van der Waals surface area contributed by atoms with E-state index in [1.165, 1.54) is 0 Å². The monoisotopic (exact) mass is 396 g/mol. The molecule has 0 aromatic carbocycles. The predicted molar refractivity (Wildman–Crippen MR) is 95.5 cm³/mol. The van der Waals surface area contributed by atoms with Gasteiger partial charge in [0.05, 0.1) is 19.8 Å². The van der Waals surface area contributed by atoms with Crippen LogP contribution < -0.4 is 5.32 Å². The minimum atomic E-state index is -0.913. The number of hydrogen-bond donors (Lipinski definition) is 1. The van der Waals surface area contributed by atoms with E-state index in [2.05, 4.69) is 17.1 Å². The number of thioether (sulfide) groups is 1. The van der Waals surface area contributed by atoms with Crippen molar-refractivity contribution in [1.82, 2.24) is 5.32 Å². The van der Waals surface area contributed by atoms with Crippen molar-refractivity contribution in [3.05, 3.63) is 10.1 Å². The summed E-state index contributed by atoms with van der Waals surface area (Å²) in [6.45, 7) is 2.21. The normalized spacial score (nSPS) is 11.5. The van der Waals surface area contributed by atoms with Crippen LogP contribution in [-0.4, -0.2) is 68.2 Å². The van der Waals surface area contributed by atoms with Crippen LogP contribution in [0.15, 0.2) is 0 Å². The number of nitrogens with zero attached hydrogens (tertiary/aromatic N) is 1. The highest BCUT2D eigenvalue weighted by molar-refractivity contribution is 7.98. The molecule has 0 aliphatic carbocycles. The molecule has 1 atom stereocenters. The molecule has 0 aromatic rings. The molecule has 0 fully saturated rings. The molecule has 0 saturated carbocycles. The van der Waals surface area contributed by atoms with Gasteiger partial charge in [0.1, 0.15) is 19.3 Å². The lowest BCUT2D eigenvalue weighted by Crippen LogP contribution is -2.43. The summed E-state index contributed by atoms with van der Waals surface area (Å²) in [6.07, 6.45) is 4.40. The number of amides is 1. The Bertz CT molecular complexity index is 411. The lowest BCUT2D eigenvalue weighted by Gasteiger charge is -2.17. The number of rotatable bonds is 16. The standard InChI is InChI=1S/C15H28N2O8S/c1-3-4-5-7-23-14(18)13(6-12-26-2)16-15(19)24-10-8-22-9-11-25-17(20)21/h13H,3-12H2,1-2H3,(H,16,19). The second kappa shape index (κ2) is 16.7. The molecule has 0 heterocycles. The molecule has 0 bridgehead atoms. The van der Waals surface area contributed by atoms with Crippen LogP contribution in [-0.2, 0) is 23.8 Å². The molecule has 0 aliphatic rings. The van der Waals surface area contributed by atoms with Crippen molar-refractivity contribution in [1.29, 1.82) is 0 Å². The van der Waals surface area contributed by atoms with E-state index >= 15 is 0 Å². The number of carbonyl (C=O) groups is 2. The summed E-state index contributed by atoms with van der Waals surface area (Å²) in [6, 6.07) is -0.758. The molecule has 0 aliphatic heterocycles. The van der Waals surface area contributed by atoms with Crippen molar-refractivity contribution in [2.24, 2.45) is 0 Å². The first-order valence-electron chi connectivity index (χ1n) is 8.45. The summed E-state index contributed by atoms with van der Waals surface area (Å²) >= 11 is 1.56. The second-order valence-corrected chi connectivity index (χ2v) is 6.14. The maximum Gasteiger partial charge on any atom is 0.407 e. The van der Waals surface area contributed by atoms with Gasteiger partial charge in [0, 0.05) is 0 Å². The molecule has 0 rings (SSSR count). The Morgan fingerprint density at radius 1 is 1.12 bits per heavy atom. The molecule has 0 radical (unpaired) electrons. The smallest absolute Gasteiger partial charge is 0.407 e. The molecule has 1 unspecified atom stereocenters. The number of ether oxygens (including phenoxy) is 3. The van der Waals surface area contributed by atoms with Crippen LogP contribution in [0, 0.1) is 10.1 Å². The van der Waals surface area contributed by atoms with Crippen LogP contribution >= 0.6 is 11.8 Å². The Hall–Kier alpha value is -1.75. The van der Waals surface area contributed by atoms with E-state index < -0.39 is 23.2 Å². The van der Waals surface area contributed by atoms with Crippen LogP contribution in [0.4, 0.5) is 4.79 Å². The lowest BCUT2D eigenvalue weighted by molar-refractivity contribution is -0.758. The number of nitrogens with one attached hydrogen (secondary N) is 1. The fourth-order valence-corrected chi connectivity index (χ4v) is 2.23. The highest BCUT2D eigenvalue weighted by Crippen LogP contribution is 2.04. The van der Waals surface area contributed by atoms with Gasteiger partial charge < -0.3 is 24.4 Å². The van der Waals surface area contributed by atoms with E-state index in [1.807, 2.05) is 6.26 Å². The van der Waals surface area contributed by atoms with E-state index in [-0.39, 0.29) is 26.4 Å². The minimum Gasteiger partial charge on any atom is -0.464 e. The fraction of sp³-hybridized carbons (Fsp3) is 0.867. The van der Waals surface area contributed by atoms with Gasteiger partial charge in [0.2, 0.25) is 0 Å². The lowest BCUT2D eigenvalue weighted by atomic mass is 10.2. The van der Waals surface area contributed by atoms with Crippen molar-refractivity contribution in [2.45, 2.75) is 38.6 Å². The summed E-state index contributed by atoms with van der Waals surface area (Å²) in [5, 5.41) is 11.5. The zero-order valence-electron chi connectivity index (χ0n) is 15.3. The highest BCUT2D eigenvalue weighted by Gasteiger charge is 2.22. The van der Waals surface area contributed by atoms with Crippen molar-refractivity contribution in [3.63, 3.8) is 0 Å². The average Bonchev–Trinajstić information content (AvgIpc) is 2.61. The number of alkyl carbamates (subject to hydrolysis) is 1. The molecule has 11 heteroatoms. The summed E-state index contributed by atoms with van der Waals surface area (Å²) in [5.41, 5.74) is 0. The Morgan fingerprint density at radius 2 is 1.85 bits per heavy atom. The fourth-order valence-electron chi connectivity index (χ4n) is 1.76. The van der Waals surface area contributed by atoms with Gasteiger partial charge in [0.15, 0.2) is 0 Å². The largest absolute Gasteiger partial charge is 0.464 e. The SMILES string of the molecule is CCCCCOC(=O)C(CCSC)NC(=O)OCCOCCO[N+](=O)[O-]. The maximum absolute atomic E-state index is 12.1. The first-order chi connectivity index (χ1) is 12.5. The van der Waals surface area contributed by atoms with Crippen molar-refractivity contribution < 1.29 is 33.7 Å². The molecule has 1 amide bonds. The maximum atomic E-state index is 12.1. The molecule has 0 saturated heterocycles. The summed E-state index contributed by atoms with van der Waals surface area (Å²) in [5.74, 6) is 0.217. The third-order valence-electron chi connectivity index (χ3n) is 3.06. The highest BCUT2D eigenvalue weighted by atomic mass is 32.2. The van der Waals surface area contributed by atoms with Gasteiger partial charge in [-0.15, -0.1) is 10.1 Å². The zero-order valence-corrected chi connectivity index (χ0v) is 16.1. The molecule has 10 nitrogen and oxygen atoms in total. The zero-order chi connectivity index (χ0) is 19.6. The summed E-state index contributed by atoms with van der Waals surface area (Å²) < 4.78 is 15.1. The van der Waals surface area contributed by atoms with Crippen LogP contribution in [0.2, 0.25) is 0 Å². The van der Waals surface area contributed by atoms with Crippen LogP contribution in [0.1, 0.15) is 32.6 Å². The number of esters is 1. The van der Waals surface area contributed by atoms with E-state index in [0.717, 1.165) is 19.3 Å². The molecule has 0 aromatic heterocycles. The Morgan fingerprint density at radius 3 is 2.50 bits per heavy atom. The first-order valence-corrected chi connectivity index (χ1v) is 9.84. The van der Waals surface area contributed by atoms with E-state index in [4.69, 9.17) is 14.2 Å². The van der Waals surface area contributed by atoms with Gasteiger partial charge in [0.25, 0.3) is 5.09 Å². The van der Waals surface area contributed by atoms with E-state index in [1.54, 1.807) is 11.8 Å². The Labute approximate surface area is 157 Å². The summed E-state index contributed by atoms with van der Waals surface area (Å²) in [4.78, 5) is 37.8. The number of hydrogen-bond acceptors (Lipinski definition) is 9. The van der Waals surface area contributed by atoms with Crippen LogP contribution in [0.25, 0.3) is 0 Å².